The van der Waals surface area contributed by atoms with Crippen LogP contribution in [0, 0.1) is 0 Å². The number of anilines is 3. The predicted octanol–water partition coefficient (Wildman–Crippen LogP) is 16.3. The van der Waals surface area contributed by atoms with Crippen LogP contribution in [-0.4, -0.2) is 9.13 Å². The Morgan fingerprint density at radius 1 is 0.323 bits per heavy atom. The Kier molecular flexibility index (Phi) is 7.53. The molecule has 1 aliphatic heterocycles. The van der Waals surface area contributed by atoms with Crippen LogP contribution in [0.25, 0.3) is 88.4 Å². The van der Waals surface area contributed by atoms with Crippen LogP contribution in [-0.2, 0) is 5.41 Å². The highest BCUT2D eigenvalue weighted by Crippen LogP contribution is 2.62. The predicted molar refractivity (Wildman–Crippen MR) is 272 cm³/mol. The van der Waals surface area contributed by atoms with Crippen molar-refractivity contribution in [1.82, 2.24) is 9.13 Å². The second kappa shape index (κ2) is 13.6. The summed E-state index contributed by atoms with van der Waals surface area (Å²) in [6, 6.07) is 85.2. The number of hydrogen-bond donors (Lipinski definition) is 0. The van der Waals surface area contributed by atoms with Crippen LogP contribution in [0.3, 0.4) is 0 Å². The quantitative estimate of drug-likeness (QED) is 0.168. The summed E-state index contributed by atoms with van der Waals surface area (Å²) in [5.41, 5.74) is 21.9. The van der Waals surface area contributed by atoms with Crippen LogP contribution >= 0.6 is 0 Å². The molecule has 2 aliphatic rings. The third kappa shape index (κ3) is 5.01. The van der Waals surface area contributed by atoms with Crippen molar-refractivity contribution >= 4 is 60.7 Å². The van der Waals surface area contributed by atoms with Gasteiger partial charge in [-0.3, -0.25) is 0 Å². The minimum Gasteiger partial charge on any atom is -0.310 e. The molecule has 3 nitrogen and oxygen atoms in total. The molecule has 0 saturated carbocycles. The van der Waals surface area contributed by atoms with E-state index in [1.165, 1.54) is 111 Å². The van der Waals surface area contributed by atoms with E-state index in [2.05, 4.69) is 251 Å². The van der Waals surface area contributed by atoms with Gasteiger partial charge in [0.25, 0.3) is 0 Å². The van der Waals surface area contributed by atoms with E-state index >= 15 is 0 Å². The van der Waals surface area contributed by atoms with Gasteiger partial charge >= 0.3 is 0 Å². The van der Waals surface area contributed by atoms with Crippen LogP contribution in [0.1, 0.15) is 23.6 Å². The molecular formula is C62H41N3. The lowest BCUT2D eigenvalue weighted by Crippen LogP contribution is -2.32. The first kappa shape index (κ1) is 36.1. The first-order valence-corrected chi connectivity index (χ1v) is 22.6. The first-order valence-electron chi connectivity index (χ1n) is 22.6. The Labute approximate surface area is 377 Å². The fraction of sp³-hybridized carbons (Fsp3) is 0.0323. The molecule has 0 N–H and O–H groups in total. The molecule has 3 heteroatoms. The lowest BCUT2D eigenvalue weighted by molar-refractivity contribution is 0.702. The van der Waals surface area contributed by atoms with Crippen molar-refractivity contribution in [2.75, 3.05) is 4.90 Å². The molecule has 2 aromatic heterocycles. The summed E-state index contributed by atoms with van der Waals surface area (Å²) in [7, 11) is 0. The van der Waals surface area contributed by atoms with Gasteiger partial charge < -0.3 is 14.0 Å². The van der Waals surface area contributed by atoms with Gasteiger partial charge in [-0.15, -0.1) is 0 Å². The van der Waals surface area contributed by atoms with E-state index in [0.29, 0.717) is 0 Å². The molecule has 304 valence electrons. The van der Waals surface area contributed by atoms with Crippen molar-refractivity contribution < 1.29 is 0 Å². The average molecular weight is 828 g/mol. The molecule has 0 amide bonds. The lowest BCUT2D eigenvalue weighted by Gasteiger charge is -2.42. The van der Waals surface area contributed by atoms with Gasteiger partial charge in [-0.25, -0.2) is 0 Å². The van der Waals surface area contributed by atoms with Crippen LogP contribution in [0.15, 0.2) is 231 Å². The molecule has 14 rings (SSSR count). The summed E-state index contributed by atoms with van der Waals surface area (Å²) in [5.74, 6) is 0. The molecule has 1 atom stereocenters. The van der Waals surface area contributed by atoms with Crippen LogP contribution in [0.4, 0.5) is 17.1 Å². The van der Waals surface area contributed by atoms with Crippen molar-refractivity contribution in [3.8, 4) is 44.8 Å². The van der Waals surface area contributed by atoms with Crippen molar-refractivity contribution in [2.24, 2.45) is 0 Å². The van der Waals surface area contributed by atoms with E-state index in [1.807, 2.05) is 0 Å². The summed E-state index contributed by atoms with van der Waals surface area (Å²) >= 11 is 0. The molecule has 10 aromatic carbocycles. The summed E-state index contributed by atoms with van der Waals surface area (Å²) in [4.78, 5) is 2.51. The lowest BCUT2D eigenvalue weighted by atomic mass is 9.70. The molecule has 1 unspecified atom stereocenters. The second-order valence-corrected chi connectivity index (χ2v) is 17.8. The summed E-state index contributed by atoms with van der Waals surface area (Å²) in [6.07, 6.45) is 0. The molecular weight excluding hydrogens is 787 g/mol. The zero-order valence-electron chi connectivity index (χ0n) is 35.8. The summed E-state index contributed by atoms with van der Waals surface area (Å²) in [5, 5.41) is 5.05. The Balaban J connectivity index is 0.946. The van der Waals surface area contributed by atoms with Gasteiger partial charge in [-0.1, -0.05) is 152 Å². The Bertz CT molecular complexity index is 3890. The first-order chi connectivity index (χ1) is 32.1. The molecule has 12 aromatic rings. The molecule has 0 bridgehead atoms. The maximum Gasteiger partial charge on any atom is 0.0547 e. The van der Waals surface area contributed by atoms with E-state index in [9.17, 15) is 0 Å². The summed E-state index contributed by atoms with van der Waals surface area (Å²) in [6.45, 7) is 2.46. The molecule has 3 heterocycles. The van der Waals surface area contributed by atoms with Crippen molar-refractivity contribution in [3.63, 3.8) is 0 Å². The number of para-hydroxylation sites is 4. The van der Waals surface area contributed by atoms with Gasteiger partial charge in [-0.2, -0.15) is 0 Å². The molecule has 0 saturated heterocycles. The van der Waals surface area contributed by atoms with E-state index in [4.69, 9.17) is 0 Å². The Hall–Kier alpha value is -8.40. The minimum atomic E-state index is -0.358. The third-order valence-corrected chi connectivity index (χ3v) is 14.5. The second-order valence-electron chi connectivity index (χ2n) is 17.8. The topological polar surface area (TPSA) is 13.1 Å². The maximum absolute atomic E-state index is 2.51. The highest BCUT2D eigenvalue weighted by Gasteiger charge is 2.48. The number of nitrogens with zero attached hydrogens (tertiary/aromatic N) is 3. The number of benzene rings is 10. The average Bonchev–Trinajstić information content (AvgIpc) is 3.99. The molecule has 0 fully saturated rings. The van der Waals surface area contributed by atoms with Gasteiger partial charge in [0, 0.05) is 44.0 Å². The van der Waals surface area contributed by atoms with Crippen molar-refractivity contribution in [3.05, 3.63) is 247 Å². The smallest absolute Gasteiger partial charge is 0.0547 e. The van der Waals surface area contributed by atoms with Crippen molar-refractivity contribution in [2.45, 2.75) is 12.3 Å². The molecule has 0 spiro atoms. The third-order valence-electron chi connectivity index (χ3n) is 14.5. The fourth-order valence-electron chi connectivity index (χ4n) is 11.7. The standard InChI is InChI=1S/C62H41N3/c1-62-52-25-11-8-20-47(52)50-24-15-29-58(61(50)62)65(45-34-30-40(31-35-45)41-32-36-49-48-21-9-12-26-54(48)64(59(49)39-41)44-18-6-3-7-19-44)56-37-33-42(38-53(56)62)46-23-14-28-57-60(46)51-22-10-13-27-55(51)63(57)43-16-4-2-5-17-43/h2-39H,1H3. The van der Waals surface area contributed by atoms with Crippen LogP contribution < -0.4 is 4.90 Å². The number of aromatic nitrogens is 2. The van der Waals surface area contributed by atoms with Gasteiger partial charge in [-0.05, 0) is 136 Å². The zero-order valence-corrected chi connectivity index (χ0v) is 35.8. The van der Waals surface area contributed by atoms with Gasteiger partial charge in [0.15, 0.2) is 0 Å². The maximum atomic E-state index is 2.51. The molecule has 1 aliphatic carbocycles. The van der Waals surface area contributed by atoms with Crippen molar-refractivity contribution in [1.29, 1.82) is 0 Å². The Morgan fingerprint density at radius 3 is 1.68 bits per heavy atom. The fourth-order valence-corrected chi connectivity index (χ4v) is 11.7. The summed E-state index contributed by atoms with van der Waals surface area (Å²) < 4.78 is 4.81. The zero-order chi connectivity index (χ0) is 42.8. The minimum absolute atomic E-state index is 0.358. The van der Waals surface area contributed by atoms with Crippen LogP contribution in [0.2, 0.25) is 0 Å². The normalized spacial score (nSPS) is 14.9. The largest absolute Gasteiger partial charge is 0.310 e. The Morgan fingerprint density at radius 2 is 0.892 bits per heavy atom. The van der Waals surface area contributed by atoms with Gasteiger partial charge in [0.1, 0.15) is 0 Å². The van der Waals surface area contributed by atoms with E-state index in [1.54, 1.807) is 0 Å². The highest BCUT2D eigenvalue weighted by molar-refractivity contribution is 6.16. The van der Waals surface area contributed by atoms with E-state index in [-0.39, 0.29) is 5.41 Å². The molecule has 65 heavy (non-hydrogen) atoms. The van der Waals surface area contributed by atoms with E-state index in [0.717, 1.165) is 11.4 Å². The number of hydrogen-bond acceptors (Lipinski definition) is 1. The highest BCUT2D eigenvalue weighted by atomic mass is 15.2. The van der Waals surface area contributed by atoms with Gasteiger partial charge in [0.05, 0.1) is 33.4 Å². The van der Waals surface area contributed by atoms with Crippen LogP contribution in [0.5, 0.6) is 0 Å². The van der Waals surface area contributed by atoms with E-state index < -0.39 is 0 Å². The monoisotopic (exact) mass is 827 g/mol. The SMILES string of the molecule is CC12c3ccccc3-c3cccc(c31)N(c1ccc(-c3ccc4c5ccccc5n(-c5ccccc5)c4c3)cc1)c1ccc(-c3cccc4c3c3ccccc3n4-c3ccccc3)cc12. The molecule has 0 radical (unpaired) electrons. The number of rotatable bonds is 5. The van der Waals surface area contributed by atoms with Gasteiger partial charge in [0.2, 0.25) is 0 Å². The number of fused-ring (bicyclic) bond motifs is 11.